The lowest BCUT2D eigenvalue weighted by molar-refractivity contribution is -0.142. The van der Waals surface area contributed by atoms with Gasteiger partial charge in [-0.3, -0.25) is 4.79 Å². The van der Waals surface area contributed by atoms with Gasteiger partial charge in [0, 0.05) is 5.92 Å². The van der Waals surface area contributed by atoms with E-state index in [1.54, 1.807) is 0 Å². The number of hydrogen-bond donors (Lipinski definition) is 1. The molecular weight excluding hydrogens is 290 g/mol. The minimum atomic E-state index is -1.89. The van der Waals surface area contributed by atoms with Crippen LogP contribution in [0, 0.1) is 29.6 Å². The average molecular weight is 324 g/mol. The van der Waals surface area contributed by atoms with Gasteiger partial charge in [-0.25, -0.2) is 0 Å². The van der Waals surface area contributed by atoms with Gasteiger partial charge in [-0.2, -0.15) is 0 Å². The van der Waals surface area contributed by atoms with Crippen LogP contribution in [0.5, 0.6) is 0 Å². The summed E-state index contributed by atoms with van der Waals surface area (Å²) in [5.41, 5.74) is -0.0396. The molecule has 0 aliphatic carbocycles. The summed E-state index contributed by atoms with van der Waals surface area (Å²) in [6.45, 7) is 19.5. The molecule has 1 amide bonds. The number of carbonyl (C=O) groups is 1. The van der Waals surface area contributed by atoms with Crippen molar-refractivity contribution in [2.24, 2.45) is 17.3 Å². The summed E-state index contributed by atoms with van der Waals surface area (Å²) >= 11 is 0. The summed E-state index contributed by atoms with van der Waals surface area (Å²) in [6.07, 6.45) is 5.64. The second-order valence-corrected chi connectivity index (χ2v) is 13.9. The summed E-state index contributed by atoms with van der Waals surface area (Å²) in [6, 6.07) is 0.0114. The van der Waals surface area contributed by atoms with Crippen LogP contribution in [0.3, 0.4) is 0 Å². The zero-order valence-electron chi connectivity index (χ0n) is 15.7. The van der Waals surface area contributed by atoms with E-state index in [1.165, 1.54) is 0 Å². The molecule has 1 rings (SSSR count). The van der Waals surface area contributed by atoms with Crippen LogP contribution in [0.1, 0.15) is 48.5 Å². The van der Waals surface area contributed by atoms with E-state index in [9.17, 15) is 4.79 Å². The van der Waals surface area contributed by atoms with Gasteiger partial charge in [0.2, 0.25) is 5.91 Å². The van der Waals surface area contributed by atoms with Gasteiger partial charge < -0.3 is 9.74 Å². The third-order valence-corrected chi connectivity index (χ3v) is 9.84. The lowest BCUT2D eigenvalue weighted by atomic mass is 9.68. The smallest absolute Gasteiger partial charge is 0.228 e. The van der Waals surface area contributed by atoms with Crippen molar-refractivity contribution >= 4 is 14.2 Å². The van der Waals surface area contributed by atoms with Crippen LogP contribution >= 0.6 is 0 Å². The highest BCUT2D eigenvalue weighted by atomic mass is 28.4. The van der Waals surface area contributed by atoms with Crippen molar-refractivity contribution in [1.82, 2.24) is 5.32 Å². The second kappa shape index (κ2) is 6.01. The first-order valence-electron chi connectivity index (χ1n) is 8.16. The molecular formula is C18H33NO2Si. The lowest BCUT2D eigenvalue weighted by Crippen LogP contribution is -2.67. The Balaban J connectivity index is 2.91. The molecule has 0 spiro atoms. The molecule has 1 aliphatic rings. The van der Waals surface area contributed by atoms with E-state index in [0.29, 0.717) is 0 Å². The van der Waals surface area contributed by atoms with Crippen molar-refractivity contribution in [2.45, 2.75) is 78.7 Å². The number of carbonyl (C=O) groups excluding carboxylic acids is 1. The molecule has 1 fully saturated rings. The van der Waals surface area contributed by atoms with E-state index < -0.39 is 8.32 Å². The number of terminal acetylenes is 1. The standard InChI is InChI=1S/C18H33NO2Si/c1-11-13(17(3,4)5)15-14(16(20)19-15)12(2)21-22(9,10)18(6,7)8/h1,12-15H,2-10H3,(H,19,20)/t12-,13?,14-,15-/m1/s1. The van der Waals surface area contributed by atoms with Crippen molar-refractivity contribution in [1.29, 1.82) is 0 Å². The second-order valence-electron chi connectivity index (χ2n) is 9.15. The van der Waals surface area contributed by atoms with Gasteiger partial charge in [-0.1, -0.05) is 41.5 Å². The fourth-order valence-corrected chi connectivity index (χ4v) is 4.25. The predicted molar refractivity (Wildman–Crippen MR) is 94.9 cm³/mol. The van der Waals surface area contributed by atoms with Crippen molar-refractivity contribution < 1.29 is 9.22 Å². The number of amides is 1. The summed E-state index contributed by atoms with van der Waals surface area (Å²) in [5.74, 6) is 2.82. The molecule has 1 heterocycles. The highest BCUT2D eigenvalue weighted by Crippen LogP contribution is 2.41. The van der Waals surface area contributed by atoms with E-state index in [-0.39, 0.29) is 40.3 Å². The largest absolute Gasteiger partial charge is 0.413 e. The Hall–Kier alpha value is -0.793. The van der Waals surface area contributed by atoms with Gasteiger partial charge in [-0.05, 0) is 30.5 Å². The minimum Gasteiger partial charge on any atom is -0.413 e. The summed E-state index contributed by atoms with van der Waals surface area (Å²) < 4.78 is 6.42. The van der Waals surface area contributed by atoms with Gasteiger partial charge in [0.1, 0.15) is 0 Å². The molecule has 1 unspecified atom stereocenters. The predicted octanol–water partition coefficient (Wildman–Crippen LogP) is 3.81. The first-order chi connectivity index (χ1) is 9.72. The van der Waals surface area contributed by atoms with Crippen LogP contribution in [0.25, 0.3) is 0 Å². The van der Waals surface area contributed by atoms with E-state index in [1.807, 2.05) is 6.92 Å². The van der Waals surface area contributed by atoms with Crippen LogP contribution in [0.4, 0.5) is 0 Å². The lowest BCUT2D eigenvalue weighted by Gasteiger charge is -2.49. The Morgan fingerprint density at radius 2 is 1.73 bits per heavy atom. The fraction of sp³-hybridized carbons (Fsp3) is 0.833. The van der Waals surface area contributed by atoms with E-state index in [0.717, 1.165) is 0 Å². The van der Waals surface area contributed by atoms with E-state index >= 15 is 0 Å². The van der Waals surface area contributed by atoms with Crippen LogP contribution in [0.2, 0.25) is 18.1 Å². The van der Waals surface area contributed by atoms with Crippen molar-refractivity contribution in [2.75, 3.05) is 0 Å². The molecule has 3 nitrogen and oxygen atoms in total. The van der Waals surface area contributed by atoms with E-state index in [4.69, 9.17) is 10.8 Å². The van der Waals surface area contributed by atoms with Gasteiger partial charge in [-0.15, -0.1) is 12.3 Å². The van der Waals surface area contributed by atoms with Crippen molar-refractivity contribution in [3.8, 4) is 12.3 Å². The van der Waals surface area contributed by atoms with Crippen molar-refractivity contribution in [3.63, 3.8) is 0 Å². The normalized spacial score (nSPS) is 25.7. The summed E-state index contributed by atoms with van der Waals surface area (Å²) in [7, 11) is -1.89. The molecule has 0 bridgehead atoms. The maximum Gasteiger partial charge on any atom is 0.228 e. The van der Waals surface area contributed by atoms with Gasteiger partial charge >= 0.3 is 0 Å². The molecule has 1 saturated heterocycles. The fourth-order valence-electron chi connectivity index (χ4n) is 2.82. The number of β-lactam (4-membered cyclic amide) rings is 1. The highest BCUT2D eigenvalue weighted by Gasteiger charge is 2.51. The Morgan fingerprint density at radius 3 is 2.05 bits per heavy atom. The van der Waals surface area contributed by atoms with Crippen LogP contribution in [-0.2, 0) is 9.22 Å². The van der Waals surface area contributed by atoms with Gasteiger partial charge in [0.05, 0.1) is 18.1 Å². The molecule has 1 aliphatic heterocycles. The summed E-state index contributed by atoms with van der Waals surface area (Å²) in [4.78, 5) is 12.1. The average Bonchev–Trinajstić information content (AvgIpc) is 2.23. The molecule has 22 heavy (non-hydrogen) atoms. The molecule has 126 valence electrons. The van der Waals surface area contributed by atoms with Crippen LogP contribution in [0.15, 0.2) is 0 Å². The topological polar surface area (TPSA) is 38.3 Å². The maximum atomic E-state index is 12.1. The first-order valence-corrected chi connectivity index (χ1v) is 11.1. The third kappa shape index (κ3) is 3.75. The zero-order chi connectivity index (χ0) is 17.5. The third-order valence-electron chi connectivity index (χ3n) is 5.26. The molecule has 0 aromatic rings. The van der Waals surface area contributed by atoms with Gasteiger partial charge in [0.25, 0.3) is 0 Å². The molecule has 0 radical (unpaired) electrons. The molecule has 0 aromatic heterocycles. The molecule has 0 aromatic carbocycles. The van der Waals surface area contributed by atoms with Crippen LogP contribution in [-0.4, -0.2) is 26.4 Å². The number of hydrogen-bond acceptors (Lipinski definition) is 2. The monoisotopic (exact) mass is 323 g/mol. The highest BCUT2D eigenvalue weighted by molar-refractivity contribution is 6.74. The molecule has 0 saturated carbocycles. The Morgan fingerprint density at radius 1 is 1.23 bits per heavy atom. The molecule has 4 atom stereocenters. The maximum absolute atomic E-state index is 12.1. The Labute approximate surface area is 137 Å². The van der Waals surface area contributed by atoms with Crippen LogP contribution < -0.4 is 5.32 Å². The Kier molecular flexibility index (Phi) is 5.26. The van der Waals surface area contributed by atoms with Gasteiger partial charge in [0.15, 0.2) is 8.32 Å². The Bertz CT molecular complexity index is 465. The van der Waals surface area contributed by atoms with E-state index in [2.05, 4.69) is 65.9 Å². The number of rotatable bonds is 4. The number of nitrogens with one attached hydrogen (secondary N) is 1. The zero-order valence-corrected chi connectivity index (χ0v) is 16.7. The molecule has 1 N–H and O–H groups in total. The van der Waals surface area contributed by atoms with Crippen molar-refractivity contribution in [3.05, 3.63) is 0 Å². The molecule has 4 heteroatoms. The quantitative estimate of drug-likeness (QED) is 0.485. The SMILES string of the molecule is C#CC([C@H]1NC(=O)[C@@H]1[C@@H](C)O[Si](C)(C)C(C)(C)C)C(C)(C)C. The first kappa shape index (κ1) is 19.3. The minimum absolute atomic E-state index is 0.0114. The summed E-state index contributed by atoms with van der Waals surface area (Å²) in [5, 5.41) is 3.14.